The van der Waals surface area contributed by atoms with E-state index >= 15 is 0 Å². The van der Waals surface area contributed by atoms with Crippen molar-refractivity contribution in [2.75, 3.05) is 6.54 Å². The minimum Gasteiger partial charge on any atom is -0.361 e. The molecule has 4 rings (SSSR count). The molecule has 1 aromatic carbocycles. The molecule has 2 N–H and O–H groups in total. The number of halogens is 2. The van der Waals surface area contributed by atoms with Gasteiger partial charge >= 0.3 is 0 Å². The van der Waals surface area contributed by atoms with Gasteiger partial charge in [0.2, 0.25) is 0 Å². The molecule has 3 aromatic rings. The van der Waals surface area contributed by atoms with Crippen LogP contribution >= 0.6 is 34.5 Å². The summed E-state index contributed by atoms with van der Waals surface area (Å²) in [5, 5.41) is 7.60. The fourth-order valence-corrected chi connectivity index (χ4v) is 4.70. The minimum atomic E-state index is -0.0803. The summed E-state index contributed by atoms with van der Waals surface area (Å²) in [6.45, 7) is 0.755. The van der Waals surface area contributed by atoms with Crippen molar-refractivity contribution in [1.82, 2.24) is 10.3 Å². The molecule has 0 spiro atoms. The van der Waals surface area contributed by atoms with Crippen LogP contribution in [0.2, 0.25) is 10.0 Å². The van der Waals surface area contributed by atoms with Crippen LogP contribution in [0, 0.1) is 0 Å². The number of aromatic amines is 1. The van der Waals surface area contributed by atoms with Crippen molar-refractivity contribution in [1.29, 1.82) is 0 Å². The fraction of sp³-hybridized carbons (Fsp3) is 0.286. The molecule has 0 amide bonds. The Hall–Kier alpha value is -1.59. The molecule has 3 heterocycles. The van der Waals surface area contributed by atoms with Crippen molar-refractivity contribution in [3.63, 3.8) is 0 Å². The number of hydrogen-bond donors (Lipinski definition) is 2. The molecule has 1 aliphatic heterocycles. The molecule has 0 bridgehead atoms. The average molecular weight is 419 g/mol. The smallest absolute Gasteiger partial charge is 0.150 e. The molecule has 0 saturated heterocycles. The first-order chi connectivity index (χ1) is 13.1. The zero-order valence-electron chi connectivity index (χ0n) is 14.7. The molecule has 1 aliphatic rings. The molecule has 1 atom stereocenters. The van der Waals surface area contributed by atoms with Gasteiger partial charge in [0.05, 0.1) is 16.1 Å². The maximum Gasteiger partial charge on any atom is 0.150 e. The van der Waals surface area contributed by atoms with Crippen LogP contribution in [0.15, 0.2) is 41.9 Å². The molecule has 1 unspecified atom stereocenters. The monoisotopic (exact) mass is 418 g/mol. The van der Waals surface area contributed by atoms with E-state index in [1.807, 2.05) is 18.3 Å². The van der Waals surface area contributed by atoms with E-state index in [1.165, 1.54) is 16.0 Å². The molecular formula is C21H20Cl2N2OS. The van der Waals surface area contributed by atoms with Gasteiger partial charge in [-0.3, -0.25) is 4.79 Å². The highest BCUT2D eigenvalue weighted by Gasteiger charge is 2.22. The first-order valence-corrected chi connectivity index (χ1v) is 10.7. The number of aryl methyl sites for hydroxylation is 1. The lowest BCUT2D eigenvalue weighted by molar-refractivity contribution is -0.121. The van der Waals surface area contributed by atoms with Crippen molar-refractivity contribution in [3.05, 3.63) is 62.4 Å². The zero-order valence-corrected chi connectivity index (χ0v) is 17.1. The van der Waals surface area contributed by atoms with Crippen molar-refractivity contribution in [3.8, 4) is 0 Å². The number of thiophene rings is 1. The molecule has 0 radical (unpaired) electrons. The summed E-state index contributed by atoms with van der Waals surface area (Å²) in [7, 11) is 0. The van der Waals surface area contributed by atoms with Gasteiger partial charge in [-0.15, -0.1) is 11.3 Å². The molecule has 0 saturated carbocycles. The molecule has 0 aliphatic carbocycles. The number of Topliss-reactive ketones (excluding diaryl/α,β-unsaturated/α-hetero) is 1. The number of rotatable bonds is 6. The van der Waals surface area contributed by atoms with E-state index in [-0.39, 0.29) is 11.8 Å². The Morgan fingerprint density at radius 3 is 2.93 bits per heavy atom. The average Bonchev–Trinajstić information content (AvgIpc) is 3.33. The van der Waals surface area contributed by atoms with E-state index in [4.69, 9.17) is 23.2 Å². The molecule has 2 aromatic heterocycles. The highest BCUT2D eigenvalue weighted by molar-refractivity contribution is 7.11. The van der Waals surface area contributed by atoms with Gasteiger partial charge in [-0.1, -0.05) is 35.3 Å². The highest BCUT2D eigenvalue weighted by atomic mass is 35.5. The first-order valence-electron chi connectivity index (χ1n) is 9.06. The van der Waals surface area contributed by atoms with E-state index < -0.39 is 0 Å². The van der Waals surface area contributed by atoms with E-state index in [9.17, 15) is 4.79 Å². The maximum atomic E-state index is 12.7. The molecule has 140 valence electrons. The predicted octanol–water partition coefficient (Wildman–Crippen LogP) is 5.87. The second kappa shape index (κ2) is 8.19. The highest BCUT2D eigenvalue weighted by Crippen LogP contribution is 2.30. The van der Waals surface area contributed by atoms with E-state index in [1.54, 1.807) is 11.3 Å². The van der Waals surface area contributed by atoms with Gasteiger partial charge in [0.1, 0.15) is 5.78 Å². The Kier molecular flexibility index (Phi) is 5.69. The third-order valence-corrected chi connectivity index (χ3v) is 6.71. The Bertz CT molecular complexity index is 991. The lowest BCUT2D eigenvalue weighted by atomic mass is 9.94. The Balaban J connectivity index is 1.35. The quantitative estimate of drug-likeness (QED) is 0.525. The summed E-state index contributed by atoms with van der Waals surface area (Å²) in [6.07, 6.45) is 7.19. The maximum absolute atomic E-state index is 12.7. The van der Waals surface area contributed by atoms with Crippen molar-refractivity contribution in [2.24, 2.45) is 0 Å². The minimum absolute atomic E-state index is 0.0803. The van der Waals surface area contributed by atoms with E-state index in [0.29, 0.717) is 16.5 Å². The summed E-state index contributed by atoms with van der Waals surface area (Å²) in [6, 6.07) is 7.84. The summed E-state index contributed by atoms with van der Waals surface area (Å²) < 4.78 is 0. The van der Waals surface area contributed by atoms with Crippen molar-refractivity contribution in [2.45, 2.75) is 31.7 Å². The van der Waals surface area contributed by atoms with Crippen LogP contribution < -0.4 is 5.32 Å². The van der Waals surface area contributed by atoms with Crippen molar-refractivity contribution < 1.29 is 4.79 Å². The largest absolute Gasteiger partial charge is 0.361 e. The van der Waals surface area contributed by atoms with Crippen LogP contribution in [0.4, 0.5) is 0 Å². The van der Waals surface area contributed by atoms with Crippen LogP contribution in [-0.2, 0) is 11.2 Å². The van der Waals surface area contributed by atoms with Gasteiger partial charge in [0.25, 0.3) is 0 Å². The predicted molar refractivity (Wildman–Crippen MR) is 115 cm³/mol. The topological polar surface area (TPSA) is 44.9 Å². The van der Waals surface area contributed by atoms with Gasteiger partial charge in [0, 0.05) is 34.9 Å². The van der Waals surface area contributed by atoms with E-state index in [0.717, 1.165) is 36.7 Å². The number of hydrogen-bond acceptors (Lipinski definition) is 3. The lowest BCUT2D eigenvalue weighted by Gasteiger charge is -2.22. The third kappa shape index (κ3) is 4.14. The summed E-state index contributed by atoms with van der Waals surface area (Å²) in [4.78, 5) is 17.2. The van der Waals surface area contributed by atoms with Gasteiger partial charge in [-0.25, -0.2) is 0 Å². The number of nitrogens with one attached hydrogen (secondary N) is 2. The summed E-state index contributed by atoms with van der Waals surface area (Å²) in [5.41, 5.74) is 3.43. The number of carbonyl (C=O) groups excluding carboxylic acids is 1. The SMILES string of the molecule is O=C(CCCc1c[nH]c2cc(Cl)c(Cl)cc12)C1CC(c2cccs2)=CCN1. The Morgan fingerprint density at radius 2 is 2.11 bits per heavy atom. The molecule has 6 heteroatoms. The fourth-order valence-electron chi connectivity index (χ4n) is 3.60. The second-order valence-electron chi connectivity index (χ2n) is 6.82. The standard InChI is InChI=1S/C21H20Cl2N2OS/c22-16-10-15-14(12-25-18(15)11-17(16)23)3-1-4-20(26)19-9-13(6-7-24-19)21-5-2-8-27-21/h2,5-6,8,10-12,19,24-25H,1,3-4,7,9H2. The molecular weight excluding hydrogens is 399 g/mol. The van der Waals surface area contributed by atoms with Gasteiger partial charge in [-0.05, 0) is 54.0 Å². The number of aromatic nitrogens is 1. The Labute approximate surface area is 172 Å². The number of benzene rings is 1. The number of H-pyrrole nitrogens is 1. The molecule has 27 heavy (non-hydrogen) atoms. The van der Waals surface area contributed by atoms with Crippen LogP contribution in [0.25, 0.3) is 16.5 Å². The van der Waals surface area contributed by atoms with Gasteiger partial charge < -0.3 is 10.3 Å². The molecule has 0 fully saturated rings. The van der Waals surface area contributed by atoms with Gasteiger partial charge in [0.15, 0.2) is 0 Å². The van der Waals surface area contributed by atoms with Crippen LogP contribution in [0.1, 0.15) is 29.7 Å². The van der Waals surface area contributed by atoms with Crippen LogP contribution in [-0.4, -0.2) is 23.4 Å². The Morgan fingerprint density at radius 1 is 1.26 bits per heavy atom. The number of fused-ring (bicyclic) bond motifs is 1. The number of ketones is 1. The third-order valence-electron chi connectivity index (χ3n) is 5.04. The molecule has 3 nitrogen and oxygen atoms in total. The van der Waals surface area contributed by atoms with Gasteiger partial charge in [-0.2, -0.15) is 0 Å². The van der Waals surface area contributed by atoms with E-state index in [2.05, 4.69) is 33.9 Å². The first kappa shape index (κ1) is 18.8. The zero-order chi connectivity index (χ0) is 18.8. The van der Waals surface area contributed by atoms with Crippen LogP contribution in [0.3, 0.4) is 0 Å². The number of carbonyl (C=O) groups is 1. The normalized spacial score (nSPS) is 17.3. The van der Waals surface area contributed by atoms with Crippen LogP contribution in [0.5, 0.6) is 0 Å². The lowest BCUT2D eigenvalue weighted by Crippen LogP contribution is -2.39. The second-order valence-corrected chi connectivity index (χ2v) is 8.58. The summed E-state index contributed by atoms with van der Waals surface area (Å²) >= 11 is 13.9. The van der Waals surface area contributed by atoms with Crippen molar-refractivity contribution >= 4 is 56.8 Å². The summed E-state index contributed by atoms with van der Waals surface area (Å²) in [5.74, 6) is 0.290.